The predicted molar refractivity (Wildman–Crippen MR) is 300 cm³/mol. The van der Waals surface area contributed by atoms with E-state index in [2.05, 4.69) is 82.0 Å². The molecule has 0 amide bonds. The molecule has 0 aliphatic carbocycles. The number of aromatic amines is 3. The first-order chi connectivity index (χ1) is 40.9. The maximum absolute atomic E-state index is 15.6. The molecule has 31 heteroatoms. The van der Waals surface area contributed by atoms with Crippen molar-refractivity contribution in [3.63, 3.8) is 0 Å². The van der Waals surface area contributed by atoms with Crippen molar-refractivity contribution in [3.05, 3.63) is 261 Å². The fraction of sp³-hybridized carbons (Fsp3) is 0.207. The van der Waals surface area contributed by atoms with E-state index in [1.807, 2.05) is 0 Å². The summed E-state index contributed by atoms with van der Waals surface area (Å²) >= 11 is 3.09. The summed E-state index contributed by atoms with van der Waals surface area (Å²) in [7, 11) is 0. The van der Waals surface area contributed by atoms with Crippen molar-refractivity contribution in [2.24, 2.45) is 0 Å². The lowest BCUT2D eigenvalue weighted by atomic mass is 9.81. The molecule has 0 aliphatic heterocycles. The molecule has 3 unspecified atom stereocenters. The van der Waals surface area contributed by atoms with Gasteiger partial charge in [-0.1, -0.05) is 45.7 Å². The molecule has 8 heterocycles. The molecule has 468 valence electrons. The maximum Gasteiger partial charge on any atom is 0.322 e. The summed E-state index contributed by atoms with van der Waals surface area (Å²) in [5, 5.41) is 66.7. The molecule has 8 aromatic heterocycles. The number of hydrogen-bond acceptors (Lipinski definition) is 13. The van der Waals surface area contributed by atoms with Crippen molar-refractivity contribution in [1.82, 2.24) is 75.5 Å². The van der Waals surface area contributed by atoms with Gasteiger partial charge in [0.2, 0.25) is 0 Å². The maximum atomic E-state index is 15.6. The van der Waals surface area contributed by atoms with Gasteiger partial charge in [-0.05, 0) is 88.7 Å². The number of aromatic nitrogens is 15. The molecular formula is C58H52BrF12N15O3. The van der Waals surface area contributed by atoms with E-state index in [4.69, 9.17) is 0 Å². The van der Waals surface area contributed by atoms with Gasteiger partial charge in [0.1, 0.15) is 57.7 Å². The zero-order valence-corrected chi connectivity index (χ0v) is 45.0. The molecular weight excluding hydrogens is 1260 g/mol. The Morgan fingerprint density at radius 1 is 0.427 bits per heavy atom. The Kier molecular flexibility index (Phi) is 21.4. The zero-order valence-electron chi connectivity index (χ0n) is 43.4. The van der Waals surface area contributed by atoms with Gasteiger partial charge in [-0.3, -0.25) is 30.2 Å². The Morgan fingerprint density at radius 3 is 1.08 bits per heavy atom. The van der Waals surface area contributed by atoms with E-state index in [-0.39, 0.29) is 39.4 Å². The lowest BCUT2D eigenvalue weighted by molar-refractivity contribution is -0.199. The lowest BCUT2D eigenvalue weighted by Gasteiger charge is -2.36. The molecule has 0 spiro atoms. The van der Waals surface area contributed by atoms with Gasteiger partial charge in [-0.25, -0.2) is 31.0 Å². The minimum absolute atomic E-state index is 0. The minimum atomic E-state index is -4.06. The first-order valence-corrected chi connectivity index (χ1v) is 25.6. The average Bonchev–Trinajstić information content (AvgIpc) is 2.13. The Morgan fingerprint density at radius 2 is 0.787 bits per heavy atom. The third-order valence-corrected chi connectivity index (χ3v) is 13.7. The van der Waals surface area contributed by atoms with Crippen LogP contribution in [-0.2, 0) is 53.8 Å². The topological polar surface area (TPSA) is 247 Å². The Balaban J connectivity index is 0.000000210. The summed E-state index contributed by atoms with van der Waals surface area (Å²) in [6.07, 6.45) is 10.8. The van der Waals surface area contributed by atoms with Crippen LogP contribution in [0.4, 0.5) is 52.7 Å². The highest BCUT2D eigenvalue weighted by molar-refractivity contribution is 9.10. The quantitative estimate of drug-likeness (QED) is 0.0465. The summed E-state index contributed by atoms with van der Waals surface area (Å²) < 4.78 is 178. The third-order valence-electron chi connectivity index (χ3n) is 13.2. The molecule has 0 radical (unpaired) electrons. The van der Waals surface area contributed by atoms with Gasteiger partial charge in [0, 0.05) is 100 Å². The van der Waals surface area contributed by atoms with Gasteiger partial charge >= 0.3 is 17.8 Å². The lowest BCUT2D eigenvalue weighted by Crippen LogP contribution is -2.46. The van der Waals surface area contributed by atoms with Gasteiger partial charge in [0.15, 0.2) is 16.8 Å². The van der Waals surface area contributed by atoms with Crippen LogP contribution in [0.2, 0.25) is 0 Å². The highest BCUT2D eigenvalue weighted by atomic mass is 79.9. The molecule has 3 atom stereocenters. The van der Waals surface area contributed by atoms with Crippen molar-refractivity contribution >= 4 is 15.9 Å². The first kappa shape index (κ1) is 68.7. The number of nitrogens with zero attached hydrogens (tertiary/aromatic N) is 12. The third kappa shape index (κ3) is 14.1. The van der Waals surface area contributed by atoms with Crippen LogP contribution in [0.3, 0.4) is 0 Å². The second-order valence-electron chi connectivity index (χ2n) is 18.8. The number of rotatable bonds is 17. The van der Waals surface area contributed by atoms with Crippen LogP contribution in [0.25, 0.3) is 11.4 Å². The molecule has 18 nitrogen and oxygen atoms in total. The number of halogens is 13. The minimum Gasteiger partial charge on any atom is -0.378 e. The summed E-state index contributed by atoms with van der Waals surface area (Å²) in [5.41, 5.74) is -12.8. The van der Waals surface area contributed by atoms with E-state index in [0.717, 1.165) is 73.2 Å². The highest BCUT2D eigenvalue weighted by Gasteiger charge is 2.60. The summed E-state index contributed by atoms with van der Waals surface area (Å²) in [6, 6.07) is 17.1. The van der Waals surface area contributed by atoms with E-state index in [1.165, 1.54) is 89.3 Å². The summed E-state index contributed by atoms with van der Waals surface area (Å²) in [5.74, 6) is -18.9. The molecule has 89 heavy (non-hydrogen) atoms. The van der Waals surface area contributed by atoms with E-state index in [1.54, 1.807) is 0 Å². The van der Waals surface area contributed by atoms with Crippen LogP contribution in [0.5, 0.6) is 0 Å². The SMILES string of the molecule is C.C.C.OC(Cc1ccn[nH]1)(c1ccc(F)cc1F)C(F)(F)c1ccc(-n2ccnn2)cn1.OC(Cc1ccn[nH]1)(c1ccc(F)cc1F)C(F)(F)c1ccc(-n2nccn2)cn1.OC(Cc1ccn[nH]1)(c1ccc(F)cc1F)C(F)(F)c1ccc(Br)cn1. The Bertz CT molecular complexity index is 3810. The fourth-order valence-corrected chi connectivity index (χ4v) is 9.10. The second-order valence-corrected chi connectivity index (χ2v) is 19.7. The van der Waals surface area contributed by atoms with Crippen LogP contribution in [0, 0.1) is 34.9 Å². The Labute approximate surface area is 506 Å². The largest absolute Gasteiger partial charge is 0.378 e. The molecule has 6 N–H and O–H groups in total. The van der Waals surface area contributed by atoms with Crippen molar-refractivity contribution in [3.8, 4) is 11.4 Å². The Hall–Kier alpha value is -9.46. The van der Waals surface area contributed by atoms with E-state index >= 15 is 26.3 Å². The van der Waals surface area contributed by atoms with Gasteiger partial charge in [-0.15, -0.1) is 5.10 Å². The normalized spacial score (nSPS) is 13.5. The first-order valence-electron chi connectivity index (χ1n) is 24.8. The highest BCUT2D eigenvalue weighted by Crippen LogP contribution is 2.50. The van der Waals surface area contributed by atoms with Crippen LogP contribution in [-0.4, -0.2) is 90.9 Å². The molecule has 0 bridgehead atoms. The van der Waals surface area contributed by atoms with Gasteiger partial charge in [0.25, 0.3) is 0 Å². The van der Waals surface area contributed by atoms with Gasteiger partial charge < -0.3 is 15.3 Å². The molecule has 0 saturated carbocycles. The number of alkyl halides is 6. The van der Waals surface area contributed by atoms with E-state index in [9.17, 15) is 41.7 Å². The number of hydrogen-bond donors (Lipinski definition) is 6. The van der Waals surface area contributed by atoms with Crippen LogP contribution in [0.15, 0.2) is 176 Å². The molecule has 11 rings (SSSR count). The number of benzene rings is 3. The smallest absolute Gasteiger partial charge is 0.322 e. The molecule has 0 saturated heterocycles. The summed E-state index contributed by atoms with van der Waals surface area (Å²) in [6.45, 7) is 0. The van der Waals surface area contributed by atoms with Crippen LogP contribution < -0.4 is 0 Å². The molecule has 0 fully saturated rings. The standard InChI is InChI=1S/2C19H14F4N6O.C17H12BrF4N3O.3CH4/c20-12-1-3-15(16(21)9-12)18(30,10-13-5-6-25-27-13)19(22,23)17-4-2-14(11-24-17)29-8-7-26-28-29;20-12-1-3-15(16(21)9-12)18(30,10-13-5-6-25-28-13)19(22,23)17-4-2-14(11-24-17)29-26-7-8-27-29;18-10-1-4-15(23-9-10)17(21,22)16(26,8-12-5-6-24-25-12)13-3-2-11(19)7-14(13)20;;;/h1-9,11,30H,10H2,(H,25,27);1-9,11,30H,10H2,(H,25,28);1-7,9,26H,8H2,(H,24,25);3*1H4. The number of pyridine rings is 3. The summed E-state index contributed by atoms with van der Waals surface area (Å²) in [4.78, 5) is 12.3. The number of nitrogens with one attached hydrogen (secondary N) is 3. The second kappa shape index (κ2) is 27.7. The van der Waals surface area contributed by atoms with Crippen molar-refractivity contribution < 1.29 is 68.0 Å². The van der Waals surface area contributed by atoms with Crippen LogP contribution in [0.1, 0.15) is 73.1 Å². The van der Waals surface area contributed by atoms with Crippen LogP contribution >= 0.6 is 15.9 Å². The number of H-pyrrole nitrogens is 3. The van der Waals surface area contributed by atoms with Crippen molar-refractivity contribution in [2.75, 3.05) is 0 Å². The van der Waals surface area contributed by atoms with Gasteiger partial charge in [-0.2, -0.15) is 56.6 Å². The molecule has 0 aliphatic rings. The van der Waals surface area contributed by atoms with E-state index in [0.29, 0.717) is 34.0 Å². The van der Waals surface area contributed by atoms with E-state index < -0.39 is 123 Å². The van der Waals surface area contributed by atoms with Crippen molar-refractivity contribution in [2.45, 2.75) is 76.1 Å². The molecule has 11 aromatic rings. The zero-order chi connectivity index (χ0) is 61.7. The monoisotopic (exact) mass is 1310 g/mol. The predicted octanol–water partition coefficient (Wildman–Crippen LogP) is 11.7. The van der Waals surface area contributed by atoms with Crippen molar-refractivity contribution in [1.29, 1.82) is 0 Å². The number of aliphatic hydroxyl groups is 3. The average molecular weight is 1320 g/mol. The fourth-order valence-electron chi connectivity index (χ4n) is 8.87. The van der Waals surface area contributed by atoms with Gasteiger partial charge in [0.05, 0.1) is 42.9 Å². The molecule has 3 aromatic carbocycles.